The second-order valence-electron chi connectivity index (χ2n) is 4.87. The number of aliphatic hydroxyl groups excluding tert-OH is 2. The zero-order valence-electron chi connectivity index (χ0n) is 10.8. The predicted molar refractivity (Wildman–Crippen MR) is 71.5 cm³/mol. The first-order chi connectivity index (χ1) is 8.85. The van der Waals surface area contributed by atoms with E-state index in [2.05, 4.69) is 9.88 Å². The summed E-state index contributed by atoms with van der Waals surface area (Å²) in [6.07, 6.45) is 7.97. The highest BCUT2D eigenvalue weighted by Gasteiger charge is 2.21. The molecule has 0 amide bonds. The summed E-state index contributed by atoms with van der Waals surface area (Å²) < 4.78 is 0. The average molecular weight is 250 g/mol. The standard InChI is InChI=1S/C14H22N2O2/c17-9-8-16(13-4-2-1-3-5-13)14-6-7-15-12(10-14)11-18/h6-7,10,13,17-18H,1-5,8-9,11H2. The topological polar surface area (TPSA) is 56.6 Å². The molecule has 0 bridgehead atoms. The molecule has 0 unspecified atom stereocenters. The summed E-state index contributed by atoms with van der Waals surface area (Å²) in [5.74, 6) is 0. The van der Waals surface area contributed by atoms with Gasteiger partial charge in [0.1, 0.15) is 0 Å². The molecule has 1 heterocycles. The van der Waals surface area contributed by atoms with Crippen LogP contribution in [0.5, 0.6) is 0 Å². The van der Waals surface area contributed by atoms with E-state index in [0.29, 0.717) is 18.3 Å². The quantitative estimate of drug-likeness (QED) is 0.835. The summed E-state index contributed by atoms with van der Waals surface area (Å²) in [7, 11) is 0. The number of nitrogens with zero attached hydrogens (tertiary/aromatic N) is 2. The van der Waals surface area contributed by atoms with Gasteiger partial charge in [0.15, 0.2) is 0 Å². The van der Waals surface area contributed by atoms with Crippen molar-refractivity contribution in [3.05, 3.63) is 24.0 Å². The van der Waals surface area contributed by atoms with Crippen LogP contribution in [0.4, 0.5) is 5.69 Å². The predicted octanol–water partition coefficient (Wildman–Crippen LogP) is 1.71. The molecule has 0 aliphatic heterocycles. The van der Waals surface area contributed by atoms with Crippen molar-refractivity contribution in [3.8, 4) is 0 Å². The SMILES string of the molecule is OCCN(c1ccnc(CO)c1)C1CCCCC1. The smallest absolute Gasteiger partial charge is 0.0853 e. The highest BCUT2D eigenvalue weighted by atomic mass is 16.3. The van der Waals surface area contributed by atoms with Crippen molar-refractivity contribution in [2.75, 3.05) is 18.1 Å². The zero-order valence-corrected chi connectivity index (χ0v) is 10.8. The molecule has 1 aliphatic rings. The molecule has 0 radical (unpaired) electrons. The van der Waals surface area contributed by atoms with Crippen LogP contribution < -0.4 is 4.90 Å². The molecule has 1 saturated carbocycles. The van der Waals surface area contributed by atoms with Crippen LogP contribution in [0.15, 0.2) is 18.3 Å². The third kappa shape index (κ3) is 3.21. The lowest BCUT2D eigenvalue weighted by Gasteiger charge is -2.35. The minimum Gasteiger partial charge on any atom is -0.395 e. The number of aliphatic hydroxyl groups is 2. The minimum atomic E-state index is -0.0362. The van der Waals surface area contributed by atoms with Gasteiger partial charge in [0.05, 0.1) is 18.9 Å². The molecule has 100 valence electrons. The molecule has 0 aromatic carbocycles. The Kier molecular flexibility index (Phi) is 4.96. The van der Waals surface area contributed by atoms with Crippen LogP contribution in [0, 0.1) is 0 Å². The van der Waals surface area contributed by atoms with Crippen LogP contribution in [0.2, 0.25) is 0 Å². The zero-order chi connectivity index (χ0) is 12.8. The van der Waals surface area contributed by atoms with Gasteiger partial charge in [-0.2, -0.15) is 0 Å². The molecule has 1 fully saturated rings. The molecule has 0 atom stereocenters. The van der Waals surface area contributed by atoms with Crippen molar-refractivity contribution >= 4 is 5.69 Å². The molecular weight excluding hydrogens is 228 g/mol. The van der Waals surface area contributed by atoms with Crippen LogP contribution in [-0.2, 0) is 6.61 Å². The van der Waals surface area contributed by atoms with Crippen molar-refractivity contribution in [2.24, 2.45) is 0 Å². The van der Waals surface area contributed by atoms with Gasteiger partial charge in [-0.05, 0) is 25.0 Å². The summed E-state index contributed by atoms with van der Waals surface area (Å²) in [6.45, 7) is 0.776. The minimum absolute atomic E-state index is 0.0362. The van der Waals surface area contributed by atoms with E-state index in [9.17, 15) is 5.11 Å². The van der Waals surface area contributed by atoms with E-state index in [1.165, 1.54) is 32.1 Å². The molecule has 1 aromatic heterocycles. The van der Waals surface area contributed by atoms with Crippen molar-refractivity contribution < 1.29 is 10.2 Å². The highest BCUT2D eigenvalue weighted by Crippen LogP contribution is 2.27. The van der Waals surface area contributed by atoms with Gasteiger partial charge in [0.25, 0.3) is 0 Å². The molecule has 1 aliphatic carbocycles. The molecule has 0 spiro atoms. The van der Waals surface area contributed by atoms with Crippen LogP contribution in [-0.4, -0.2) is 34.4 Å². The highest BCUT2D eigenvalue weighted by molar-refractivity contribution is 5.47. The van der Waals surface area contributed by atoms with Gasteiger partial charge in [-0.3, -0.25) is 4.98 Å². The van der Waals surface area contributed by atoms with E-state index in [0.717, 1.165) is 5.69 Å². The number of pyridine rings is 1. The molecule has 4 heteroatoms. The van der Waals surface area contributed by atoms with Crippen molar-refractivity contribution in [1.82, 2.24) is 4.98 Å². The number of rotatable bonds is 5. The molecular formula is C14H22N2O2. The number of hydrogen-bond acceptors (Lipinski definition) is 4. The molecule has 0 saturated heterocycles. The fourth-order valence-electron chi connectivity index (χ4n) is 2.75. The summed E-state index contributed by atoms with van der Waals surface area (Å²) in [5.41, 5.74) is 1.75. The third-order valence-corrected chi connectivity index (χ3v) is 3.65. The van der Waals surface area contributed by atoms with Gasteiger partial charge in [-0.15, -0.1) is 0 Å². The third-order valence-electron chi connectivity index (χ3n) is 3.65. The van der Waals surface area contributed by atoms with Crippen LogP contribution >= 0.6 is 0 Å². The number of hydrogen-bond donors (Lipinski definition) is 2. The summed E-state index contributed by atoms with van der Waals surface area (Å²) in [4.78, 5) is 6.37. The fourth-order valence-corrected chi connectivity index (χ4v) is 2.75. The Hall–Kier alpha value is -1.13. The van der Waals surface area contributed by atoms with Gasteiger partial charge in [-0.1, -0.05) is 19.3 Å². The largest absolute Gasteiger partial charge is 0.395 e. The maximum Gasteiger partial charge on any atom is 0.0853 e. The Balaban J connectivity index is 2.16. The number of anilines is 1. The summed E-state index contributed by atoms with van der Waals surface area (Å²) in [6, 6.07) is 4.40. The Morgan fingerprint density at radius 2 is 2.00 bits per heavy atom. The van der Waals surface area contributed by atoms with E-state index in [1.54, 1.807) is 6.20 Å². The van der Waals surface area contributed by atoms with Crippen LogP contribution in [0.1, 0.15) is 37.8 Å². The van der Waals surface area contributed by atoms with E-state index >= 15 is 0 Å². The first-order valence-corrected chi connectivity index (χ1v) is 6.78. The molecule has 2 rings (SSSR count). The van der Waals surface area contributed by atoms with Gasteiger partial charge in [0.2, 0.25) is 0 Å². The molecule has 4 nitrogen and oxygen atoms in total. The monoisotopic (exact) mass is 250 g/mol. The Bertz CT molecular complexity index is 365. The van der Waals surface area contributed by atoms with Crippen molar-refractivity contribution in [3.63, 3.8) is 0 Å². The van der Waals surface area contributed by atoms with Gasteiger partial charge in [0, 0.05) is 24.5 Å². The van der Waals surface area contributed by atoms with Gasteiger partial charge in [-0.25, -0.2) is 0 Å². The van der Waals surface area contributed by atoms with Crippen molar-refractivity contribution in [1.29, 1.82) is 0 Å². The molecule has 2 N–H and O–H groups in total. The summed E-state index contributed by atoms with van der Waals surface area (Å²) in [5, 5.41) is 18.4. The van der Waals surface area contributed by atoms with E-state index in [1.807, 2.05) is 12.1 Å². The summed E-state index contributed by atoms with van der Waals surface area (Å²) >= 11 is 0. The number of aromatic nitrogens is 1. The van der Waals surface area contributed by atoms with Crippen LogP contribution in [0.3, 0.4) is 0 Å². The van der Waals surface area contributed by atoms with E-state index < -0.39 is 0 Å². The molecule has 18 heavy (non-hydrogen) atoms. The van der Waals surface area contributed by atoms with E-state index in [4.69, 9.17) is 5.11 Å². The second-order valence-corrected chi connectivity index (χ2v) is 4.87. The van der Waals surface area contributed by atoms with Gasteiger partial charge < -0.3 is 15.1 Å². The fraction of sp³-hybridized carbons (Fsp3) is 0.643. The first kappa shape index (κ1) is 13.3. The Morgan fingerprint density at radius 1 is 1.22 bits per heavy atom. The average Bonchev–Trinajstić information content (AvgIpc) is 2.46. The lowest BCUT2D eigenvalue weighted by atomic mass is 9.94. The van der Waals surface area contributed by atoms with Crippen LogP contribution in [0.25, 0.3) is 0 Å². The maximum absolute atomic E-state index is 9.25. The van der Waals surface area contributed by atoms with E-state index in [-0.39, 0.29) is 13.2 Å². The van der Waals surface area contributed by atoms with Crippen molar-refractivity contribution in [2.45, 2.75) is 44.8 Å². The normalized spacial score (nSPS) is 16.8. The lowest BCUT2D eigenvalue weighted by molar-refractivity contribution is 0.276. The first-order valence-electron chi connectivity index (χ1n) is 6.78. The lowest BCUT2D eigenvalue weighted by Crippen LogP contribution is -2.38. The second kappa shape index (κ2) is 6.71. The Labute approximate surface area is 108 Å². The Morgan fingerprint density at radius 3 is 2.67 bits per heavy atom. The maximum atomic E-state index is 9.25. The molecule has 1 aromatic rings. The van der Waals surface area contributed by atoms with Gasteiger partial charge >= 0.3 is 0 Å².